The zero-order chi connectivity index (χ0) is 13.8. The lowest BCUT2D eigenvalue weighted by molar-refractivity contribution is 0.0468. The second kappa shape index (κ2) is 5.58. The number of hydrogen-bond acceptors (Lipinski definition) is 5. The van der Waals surface area contributed by atoms with E-state index in [1.165, 1.54) is 30.5 Å². The molecular weight excluding hydrogens is 270 g/mol. The van der Waals surface area contributed by atoms with Gasteiger partial charge in [0.25, 0.3) is 0 Å². The van der Waals surface area contributed by atoms with Gasteiger partial charge in [-0.2, -0.15) is 0 Å². The van der Waals surface area contributed by atoms with Crippen LogP contribution in [0.15, 0.2) is 41.0 Å². The smallest absolute Gasteiger partial charge is 0.338 e. The van der Waals surface area contributed by atoms with Gasteiger partial charge in [-0.3, -0.25) is 4.79 Å². The summed E-state index contributed by atoms with van der Waals surface area (Å²) in [5, 5.41) is 0.350. The third-order valence-electron chi connectivity index (χ3n) is 2.36. The van der Waals surface area contributed by atoms with Crippen molar-refractivity contribution in [3.05, 3.63) is 52.9 Å². The number of ketones is 1. The fourth-order valence-corrected chi connectivity index (χ4v) is 1.51. The Morgan fingerprint density at radius 2 is 2.11 bits per heavy atom. The first-order valence-corrected chi connectivity index (χ1v) is 5.74. The van der Waals surface area contributed by atoms with Gasteiger partial charge in [-0.15, -0.1) is 0 Å². The van der Waals surface area contributed by atoms with E-state index in [4.69, 9.17) is 26.5 Å². The molecule has 0 aliphatic heterocycles. The van der Waals surface area contributed by atoms with Crippen molar-refractivity contribution < 1.29 is 18.7 Å². The molecule has 0 amide bonds. The molecular formula is C13H10ClNO4. The lowest BCUT2D eigenvalue weighted by atomic mass is 10.2. The van der Waals surface area contributed by atoms with Gasteiger partial charge < -0.3 is 14.9 Å². The van der Waals surface area contributed by atoms with Crippen LogP contribution in [0.2, 0.25) is 5.02 Å². The fourth-order valence-electron chi connectivity index (χ4n) is 1.39. The van der Waals surface area contributed by atoms with Gasteiger partial charge in [0.1, 0.15) is 0 Å². The minimum absolute atomic E-state index is 0.142. The maximum Gasteiger partial charge on any atom is 0.338 e. The molecule has 2 rings (SSSR count). The predicted octanol–water partition coefficient (Wildman–Crippen LogP) is 2.55. The Hall–Kier alpha value is -2.27. The van der Waals surface area contributed by atoms with Crippen LogP contribution in [0.25, 0.3) is 0 Å². The highest BCUT2D eigenvalue weighted by molar-refractivity contribution is 6.33. The fraction of sp³-hybridized carbons (Fsp3) is 0.0769. The Bertz CT molecular complexity index is 607. The zero-order valence-electron chi connectivity index (χ0n) is 9.76. The van der Waals surface area contributed by atoms with Gasteiger partial charge in [0.15, 0.2) is 12.4 Å². The molecule has 5 nitrogen and oxygen atoms in total. The van der Waals surface area contributed by atoms with E-state index >= 15 is 0 Å². The number of furan rings is 1. The maximum atomic E-state index is 11.7. The molecule has 1 aromatic carbocycles. The Balaban J connectivity index is 1.98. The quantitative estimate of drug-likeness (QED) is 0.528. The summed E-state index contributed by atoms with van der Waals surface area (Å²) in [4.78, 5) is 23.2. The van der Waals surface area contributed by atoms with Crippen LogP contribution in [0, 0.1) is 0 Å². The number of anilines is 1. The van der Waals surface area contributed by atoms with E-state index < -0.39 is 18.4 Å². The summed E-state index contributed by atoms with van der Waals surface area (Å²) in [7, 11) is 0. The van der Waals surface area contributed by atoms with Crippen molar-refractivity contribution in [2.24, 2.45) is 0 Å². The molecule has 2 N–H and O–H groups in total. The van der Waals surface area contributed by atoms with Crippen molar-refractivity contribution in [1.29, 1.82) is 0 Å². The number of carbonyl (C=O) groups excluding carboxylic acids is 2. The van der Waals surface area contributed by atoms with Crippen LogP contribution in [0.3, 0.4) is 0 Å². The molecule has 1 heterocycles. The normalized spacial score (nSPS) is 10.2. The summed E-state index contributed by atoms with van der Waals surface area (Å²) < 4.78 is 9.75. The monoisotopic (exact) mass is 279 g/mol. The van der Waals surface area contributed by atoms with E-state index in [9.17, 15) is 9.59 Å². The van der Waals surface area contributed by atoms with Crippen molar-refractivity contribution in [2.75, 3.05) is 12.3 Å². The van der Waals surface area contributed by atoms with Crippen LogP contribution in [0.1, 0.15) is 20.9 Å². The number of halogens is 1. The molecule has 0 aliphatic carbocycles. The molecule has 19 heavy (non-hydrogen) atoms. The first-order chi connectivity index (χ1) is 9.08. The van der Waals surface area contributed by atoms with E-state index in [-0.39, 0.29) is 17.0 Å². The Kier molecular flexibility index (Phi) is 3.87. The van der Waals surface area contributed by atoms with E-state index in [1.54, 1.807) is 6.07 Å². The third kappa shape index (κ3) is 3.14. The van der Waals surface area contributed by atoms with Gasteiger partial charge in [0.05, 0.1) is 22.5 Å². The molecule has 0 spiro atoms. The molecule has 98 valence electrons. The average molecular weight is 280 g/mol. The summed E-state index contributed by atoms with van der Waals surface area (Å²) in [6.45, 7) is -0.394. The number of rotatable bonds is 4. The number of hydrogen-bond donors (Lipinski definition) is 1. The second-order valence-corrected chi connectivity index (χ2v) is 4.12. The van der Waals surface area contributed by atoms with Crippen molar-refractivity contribution >= 4 is 29.0 Å². The molecule has 0 fully saturated rings. The highest BCUT2D eigenvalue weighted by atomic mass is 35.5. The molecule has 0 radical (unpaired) electrons. The number of carbonyl (C=O) groups is 2. The van der Waals surface area contributed by atoms with Gasteiger partial charge in [-0.25, -0.2) is 4.79 Å². The highest BCUT2D eigenvalue weighted by Gasteiger charge is 2.14. The van der Waals surface area contributed by atoms with Crippen molar-refractivity contribution in [3.63, 3.8) is 0 Å². The van der Waals surface area contributed by atoms with Crippen LogP contribution >= 0.6 is 11.6 Å². The highest BCUT2D eigenvalue weighted by Crippen LogP contribution is 2.19. The van der Waals surface area contributed by atoms with Crippen molar-refractivity contribution in [1.82, 2.24) is 0 Å². The molecule has 2 aromatic rings. The number of esters is 1. The Labute approximate surface area is 113 Å². The summed E-state index contributed by atoms with van der Waals surface area (Å²) in [6, 6.07) is 7.42. The van der Waals surface area contributed by atoms with Gasteiger partial charge in [0, 0.05) is 0 Å². The second-order valence-electron chi connectivity index (χ2n) is 3.71. The summed E-state index contributed by atoms with van der Waals surface area (Å²) in [5.74, 6) is -0.924. The largest absolute Gasteiger partial charge is 0.461 e. The van der Waals surface area contributed by atoms with Gasteiger partial charge >= 0.3 is 5.97 Å². The standard InChI is InChI=1S/C13H10ClNO4/c14-9-4-3-8(6-10(9)15)13(17)19-7-11(16)12-2-1-5-18-12/h1-6H,7,15H2. The minimum atomic E-state index is -0.650. The maximum absolute atomic E-state index is 11.7. The summed E-state index contributed by atoms with van der Waals surface area (Å²) in [6.07, 6.45) is 1.37. The molecule has 0 unspecified atom stereocenters. The first-order valence-electron chi connectivity index (χ1n) is 5.37. The van der Waals surface area contributed by atoms with Gasteiger partial charge in [-0.1, -0.05) is 11.6 Å². The summed E-state index contributed by atoms with van der Waals surface area (Å²) >= 11 is 5.74. The molecule has 0 saturated heterocycles. The number of ether oxygens (including phenoxy) is 1. The van der Waals surface area contributed by atoms with E-state index in [2.05, 4.69) is 0 Å². The minimum Gasteiger partial charge on any atom is -0.461 e. The van der Waals surface area contributed by atoms with Crippen LogP contribution < -0.4 is 5.73 Å². The average Bonchev–Trinajstić information content (AvgIpc) is 2.92. The molecule has 0 aliphatic rings. The van der Waals surface area contributed by atoms with E-state index in [0.717, 1.165) is 0 Å². The Morgan fingerprint density at radius 1 is 1.32 bits per heavy atom. The molecule has 0 atom stereocenters. The number of nitrogens with two attached hydrogens (primary N) is 1. The SMILES string of the molecule is Nc1cc(C(=O)OCC(=O)c2ccco2)ccc1Cl. The number of nitrogen functional groups attached to an aromatic ring is 1. The number of Topliss-reactive ketones (excluding diaryl/α,β-unsaturated/α-hetero) is 1. The van der Waals surface area contributed by atoms with Crippen LogP contribution in [0.4, 0.5) is 5.69 Å². The Morgan fingerprint density at radius 3 is 2.74 bits per heavy atom. The van der Waals surface area contributed by atoms with Crippen LogP contribution in [0.5, 0.6) is 0 Å². The predicted molar refractivity (Wildman–Crippen MR) is 69.2 cm³/mol. The topological polar surface area (TPSA) is 82.5 Å². The number of benzene rings is 1. The van der Waals surface area contributed by atoms with Gasteiger partial charge in [-0.05, 0) is 30.3 Å². The van der Waals surface area contributed by atoms with E-state index in [1.807, 2.05) is 0 Å². The molecule has 0 saturated carbocycles. The third-order valence-corrected chi connectivity index (χ3v) is 2.71. The molecule has 1 aromatic heterocycles. The van der Waals surface area contributed by atoms with E-state index in [0.29, 0.717) is 5.02 Å². The lowest BCUT2D eigenvalue weighted by Crippen LogP contribution is -2.14. The zero-order valence-corrected chi connectivity index (χ0v) is 10.5. The molecule has 0 bridgehead atoms. The van der Waals surface area contributed by atoms with Gasteiger partial charge in [0.2, 0.25) is 5.78 Å². The first kappa shape index (κ1) is 13.2. The van der Waals surface area contributed by atoms with Crippen LogP contribution in [-0.4, -0.2) is 18.4 Å². The lowest BCUT2D eigenvalue weighted by Gasteiger charge is -2.04. The van der Waals surface area contributed by atoms with Crippen LogP contribution in [-0.2, 0) is 4.74 Å². The van der Waals surface area contributed by atoms with Crippen molar-refractivity contribution in [2.45, 2.75) is 0 Å². The summed E-state index contributed by atoms with van der Waals surface area (Å²) in [5.41, 5.74) is 6.07. The van der Waals surface area contributed by atoms with Crippen molar-refractivity contribution in [3.8, 4) is 0 Å². The molecule has 6 heteroatoms.